The Labute approximate surface area is 111 Å². The molecule has 0 amide bonds. The largest absolute Gasteiger partial charge is 0.285 e. The van der Waals surface area contributed by atoms with Gasteiger partial charge in [-0.3, -0.25) is 4.55 Å². The Kier molecular flexibility index (Phi) is 2.08. The summed E-state index contributed by atoms with van der Waals surface area (Å²) in [6.45, 7) is 0. The van der Waals surface area contributed by atoms with Crippen molar-refractivity contribution >= 4 is 10.1 Å². The van der Waals surface area contributed by atoms with Gasteiger partial charge in [0, 0.05) is 6.42 Å². The van der Waals surface area contributed by atoms with Gasteiger partial charge in [-0.05, 0) is 60.7 Å². The van der Waals surface area contributed by atoms with Crippen molar-refractivity contribution in [2.75, 3.05) is 5.75 Å². The number of rotatable bonds is 5. The highest BCUT2D eigenvalue weighted by Gasteiger charge is 2.86. The second-order valence-corrected chi connectivity index (χ2v) is 8.72. The molecule has 2 atom stereocenters. The van der Waals surface area contributed by atoms with Gasteiger partial charge in [0.15, 0.2) is 0 Å². The summed E-state index contributed by atoms with van der Waals surface area (Å²) in [5.74, 6) is -2.39. The van der Waals surface area contributed by atoms with E-state index < -0.39 is 28.2 Å². The lowest BCUT2D eigenvalue weighted by atomic mass is 9.13. The van der Waals surface area contributed by atoms with E-state index >= 15 is 0 Å². The minimum Gasteiger partial charge on any atom is -0.285 e. The zero-order valence-corrected chi connectivity index (χ0v) is 11.4. The second kappa shape index (κ2) is 3.16. The minimum absolute atomic E-state index is 0.103. The van der Waals surface area contributed by atoms with E-state index in [4.69, 9.17) is 4.55 Å². The molecule has 3 nitrogen and oxygen atoms in total. The number of alkyl halides is 2. The molecule has 19 heavy (non-hydrogen) atoms. The molecule has 6 heteroatoms. The van der Waals surface area contributed by atoms with Crippen molar-refractivity contribution in [3.63, 3.8) is 0 Å². The lowest BCUT2D eigenvalue weighted by Crippen LogP contribution is -2.85. The molecule has 1 N–H and O–H groups in total. The smallest absolute Gasteiger partial charge is 0.270 e. The Bertz CT molecular complexity index is 517. The molecular formula is C13H18F2O3S. The molecule has 108 valence electrons. The van der Waals surface area contributed by atoms with Crippen LogP contribution in [0.4, 0.5) is 8.78 Å². The number of hydrogen-bond donors (Lipinski definition) is 1. The van der Waals surface area contributed by atoms with Gasteiger partial charge in [0.25, 0.3) is 16.0 Å². The van der Waals surface area contributed by atoms with Crippen molar-refractivity contribution in [2.45, 2.75) is 44.4 Å². The molecule has 4 rings (SSSR count). The van der Waals surface area contributed by atoms with Crippen LogP contribution >= 0.6 is 0 Å². The maximum atomic E-state index is 13.6. The van der Waals surface area contributed by atoms with Crippen LogP contribution < -0.4 is 0 Å². The first kappa shape index (κ1) is 12.5. The fourth-order valence-electron chi connectivity index (χ4n) is 6.35. The van der Waals surface area contributed by atoms with E-state index in [9.17, 15) is 17.2 Å². The van der Waals surface area contributed by atoms with Gasteiger partial charge in [-0.25, -0.2) is 8.78 Å². The third kappa shape index (κ3) is 1.32. The highest BCUT2D eigenvalue weighted by atomic mass is 32.2. The fraction of sp³-hybridized carbons (Fsp3) is 1.00. The lowest BCUT2D eigenvalue weighted by molar-refractivity contribution is -0.434. The topological polar surface area (TPSA) is 54.4 Å². The summed E-state index contributed by atoms with van der Waals surface area (Å²) in [7, 11) is -4.60. The summed E-state index contributed by atoms with van der Waals surface area (Å²) < 4.78 is 56.9. The van der Waals surface area contributed by atoms with Crippen LogP contribution in [0.15, 0.2) is 0 Å². The predicted molar refractivity (Wildman–Crippen MR) is 64.4 cm³/mol. The van der Waals surface area contributed by atoms with Gasteiger partial charge in [-0.1, -0.05) is 0 Å². The van der Waals surface area contributed by atoms with E-state index in [1.807, 2.05) is 0 Å². The van der Waals surface area contributed by atoms with Crippen LogP contribution in [0.1, 0.15) is 38.5 Å². The standard InChI is InChI=1S/C13H18F2O3S/c14-12(15,7-19(16,17)18)2-1-11-5-9-3-8-4-10(6-11)13(8,9)11/h8-10H,1-7H2,(H,16,17,18). The van der Waals surface area contributed by atoms with Gasteiger partial charge in [0.05, 0.1) is 0 Å². The number of hydrogen-bond acceptors (Lipinski definition) is 2. The first-order chi connectivity index (χ1) is 8.69. The van der Waals surface area contributed by atoms with Crippen molar-refractivity contribution < 1.29 is 21.8 Å². The average Bonchev–Trinajstić information content (AvgIpc) is 2.07. The molecule has 0 bridgehead atoms. The van der Waals surface area contributed by atoms with E-state index in [0.717, 1.165) is 30.6 Å². The molecular weight excluding hydrogens is 274 g/mol. The molecule has 0 saturated heterocycles. The van der Waals surface area contributed by atoms with Crippen LogP contribution in [0.5, 0.6) is 0 Å². The summed E-state index contributed by atoms with van der Waals surface area (Å²) in [5, 5.41) is 0. The van der Waals surface area contributed by atoms with Crippen molar-refractivity contribution in [3.05, 3.63) is 0 Å². The zero-order chi connectivity index (χ0) is 13.7. The summed E-state index contributed by atoms with van der Waals surface area (Å²) in [6.07, 6.45) is 4.75. The molecule has 0 aromatic rings. The molecule has 2 unspecified atom stereocenters. The van der Waals surface area contributed by atoms with Crippen LogP contribution in [0, 0.1) is 28.6 Å². The molecule has 1 spiro atoms. The maximum absolute atomic E-state index is 13.6. The van der Waals surface area contributed by atoms with Crippen molar-refractivity contribution in [1.82, 2.24) is 0 Å². The monoisotopic (exact) mass is 292 g/mol. The van der Waals surface area contributed by atoms with E-state index in [0.29, 0.717) is 11.8 Å². The molecule has 0 aliphatic heterocycles. The Morgan fingerprint density at radius 2 is 1.74 bits per heavy atom. The van der Waals surface area contributed by atoms with Crippen molar-refractivity contribution in [3.8, 4) is 0 Å². The Morgan fingerprint density at radius 3 is 2.16 bits per heavy atom. The maximum Gasteiger partial charge on any atom is 0.270 e. The zero-order valence-electron chi connectivity index (χ0n) is 10.6. The summed E-state index contributed by atoms with van der Waals surface area (Å²) in [6, 6.07) is 0. The normalized spacial score (nSPS) is 49.9. The van der Waals surface area contributed by atoms with Crippen LogP contribution in [-0.4, -0.2) is 24.6 Å². The van der Waals surface area contributed by atoms with Gasteiger partial charge in [0.1, 0.15) is 5.75 Å². The van der Waals surface area contributed by atoms with E-state index in [-0.39, 0.29) is 5.41 Å². The van der Waals surface area contributed by atoms with Crippen LogP contribution in [0.25, 0.3) is 0 Å². The predicted octanol–water partition coefficient (Wildman–Crippen LogP) is 2.73. The van der Waals surface area contributed by atoms with Gasteiger partial charge in [-0.15, -0.1) is 0 Å². The second-order valence-electron chi connectivity index (χ2n) is 7.27. The Hall–Kier alpha value is -0.230. The van der Waals surface area contributed by atoms with Crippen LogP contribution in [0.3, 0.4) is 0 Å². The van der Waals surface area contributed by atoms with E-state index in [1.165, 1.54) is 12.8 Å². The lowest BCUT2D eigenvalue weighted by Gasteiger charge is -2.92. The van der Waals surface area contributed by atoms with Crippen LogP contribution in [-0.2, 0) is 10.1 Å². The fourth-order valence-corrected chi connectivity index (χ4v) is 7.02. The molecule has 4 aliphatic carbocycles. The van der Waals surface area contributed by atoms with Gasteiger partial charge >= 0.3 is 0 Å². The first-order valence-corrected chi connectivity index (χ1v) is 8.62. The highest BCUT2D eigenvalue weighted by molar-refractivity contribution is 7.85. The van der Waals surface area contributed by atoms with E-state index in [2.05, 4.69) is 0 Å². The van der Waals surface area contributed by atoms with Crippen LogP contribution in [0.2, 0.25) is 0 Å². The summed E-state index contributed by atoms with van der Waals surface area (Å²) >= 11 is 0. The summed E-state index contributed by atoms with van der Waals surface area (Å²) in [5.41, 5.74) is 0.507. The highest BCUT2D eigenvalue weighted by Crippen LogP contribution is 2.93. The summed E-state index contributed by atoms with van der Waals surface area (Å²) in [4.78, 5) is 0. The first-order valence-electron chi connectivity index (χ1n) is 7.02. The molecule has 4 fully saturated rings. The molecule has 0 aromatic carbocycles. The van der Waals surface area contributed by atoms with Crippen molar-refractivity contribution in [1.29, 1.82) is 0 Å². The Morgan fingerprint density at radius 1 is 1.16 bits per heavy atom. The van der Waals surface area contributed by atoms with E-state index in [1.54, 1.807) is 0 Å². The molecule has 4 aliphatic rings. The number of halogens is 2. The molecule has 4 saturated carbocycles. The molecule has 0 heterocycles. The Balaban J connectivity index is 1.42. The van der Waals surface area contributed by atoms with Gasteiger partial charge < -0.3 is 0 Å². The van der Waals surface area contributed by atoms with Gasteiger partial charge in [0.2, 0.25) is 0 Å². The SMILES string of the molecule is O=S(=O)(O)CC(F)(F)CCC12CC3CC4CC(C1)C432. The third-order valence-electron chi connectivity index (χ3n) is 6.72. The van der Waals surface area contributed by atoms with Gasteiger partial charge in [-0.2, -0.15) is 8.42 Å². The third-order valence-corrected chi connectivity index (χ3v) is 7.51. The minimum atomic E-state index is -4.60. The molecule has 0 radical (unpaired) electrons. The quantitative estimate of drug-likeness (QED) is 0.793. The molecule has 0 aromatic heterocycles. The average molecular weight is 292 g/mol. The van der Waals surface area contributed by atoms with Crippen molar-refractivity contribution in [2.24, 2.45) is 28.6 Å².